The van der Waals surface area contributed by atoms with Crippen LogP contribution in [0.5, 0.6) is 0 Å². The van der Waals surface area contributed by atoms with Gasteiger partial charge in [-0.1, -0.05) is 34.8 Å². The largest absolute Gasteiger partial charge is 0.336 e. The molecule has 66 valence electrons. The molecule has 0 fully saturated rings. The van der Waals surface area contributed by atoms with Crippen molar-refractivity contribution in [3.05, 3.63) is 0 Å². The predicted molar refractivity (Wildman–Crippen MR) is 47.1 cm³/mol. The van der Waals surface area contributed by atoms with Crippen LogP contribution in [0.1, 0.15) is 0 Å². The summed E-state index contributed by atoms with van der Waals surface area (Å²) in [5.41, 5.74) is 5.24. The zero-order valence-corrected chi connectivity index (χ0v) is 8.31. The molecule has 0 aliphatic heterocycles. The van der Waals surface area contributed by atoms with E-state index in [4.69, 9.17) is 52.1 Å². The standard InChI is InChI=1S/C4H6Cl4N2O/c5-1-2(11)10-3(9)4(6,7)8/h3H,1,9H2,(H,10,11). The van der Waals surface area contributed by atoms with E-state index in [0.29, 0.717) is 0 Å². The molecule has 1 unspecified atom stereocenters. The van der Waals surface area contributed by atoms with Gasteiger partial charge in [0, 0.05) is 0 Å². The smallest absolute Gasteiger partial charge is 0.236 e. The van der Waals surface area contributed by atoms with Crippen LogP contribution in [0.4, 0.5) is 0 Å². The minimum Gasteiger partial charge on any atom is -0.336 e. The summed E-state index contributed by atoms with van der Waals surface area (Å²) in [6.45, 7) is 0. The van der Waals surface area contributed by atoms with Crippen LogP contribution in [-0.2, 0) is 4.79 Å². The molecule has 3 N–H and O–H groups in total. The summed E-state index contributed by atoms with van der Waals surface area (Å²) in [7, 11) is 0. The molecule has 3 nitrogen and oxygen atoms in total. The Bertz CT molecular complexity index is 146. The van der Waals surface area contributed by atoms with Gasteiger partial charge in [0.1, 0.15) is 12.0 Å². The highest BCUT2D eigenvalue weighted by Gasteiger charge is 2.30. The Hall–Kier alpha value is 0.590. The van der Waals surface area contributed by atoms with Crippen LogP contribution in [0, 0.1) is 0 Å². The summed E-state index contributed by atoms with van der Waals surface area (Å²) < 4.78 is -1.71. The molecule has 0 aliphatic rings. The molecule has 0 rings (SSSR count). The highest BCUT2D eigenvalue weighted by Crippen LogP contribution is 2.27. The Kier molecular flexibility index (Phi) is 4.82. The summed E-state index contributed by atoms with van der Waals surface area (Å²) in [5.74, 6) is -0.695. The average molecular weight is 240 g/mol. The summed E-state index contributed by atoms with van der Waals surface area (Å²) in [5, 5.41) is 2.18. The Labute approximate surface area is 84.1 Å². The first kappa shape index (κ1) is 11.6. The van der Waals surface area contributed by atoms with Gasteiger partial charge in [0.2, 0.25) is 9.70 Å². The van der Waals surface area contributed by atoms with Crippen molar-refractivity contribution < 1.29 is 4.79 Å². The number of carbonyl (C=O) groups excluding carboxylic acids is 1. The van der Waals surface area contributed by atoms with Gasteiger partial charge >= 0.3 is 0 Å². The minimum atomic E-state index is -1.71. The van der Waals surface area contributed by atoms with Crippen molar-refractivity contribution in [1.82, 2.24) is 5.32 Å². The fraction of sp³-hybridized carbons (Fsp3) is 0.750. The number of hydrogen-bond donors (Lipinski definition) is 2. The van der Waals surface area contributed by atoms with Gasteiger partial charge < -0.3 is 11.1 Å². The molecule has 7 heteroatoms. The van der Waals surface area contributed by atoms with Crippen molar-refractivity contribution in [1.29, 1.82) is 0 Å². The highest BCUT2D eigenvalue weighted by atomic mass is 35.6. The average Bonchev–Trinajstić information content (AvgIpc) is 1.85. The van der Waals surface area contributed by atoms with Gasteiger partial charge in [-0.15, -0.1) is 11.6 Å². The molecule has 0 saturated heterocycles. The van der Waals surface area contributed by atoms with Crippen molar-refractivity contribution in [2.75, 3.05) is 5.88 Å². The van der Waals surface area contributed by atoms with Crippen LogP contribution < -0.4 is 11.1 Å². The Morgan fingerprint density at radius 2 is 2.00 bits per heavy atom. The number of nitrogens with two attached hydrogens (primary N) is 1. The van der Waals surface area contributed by atoms with Crippen molar-refractivity contribution >= 4 is 52.3 Å². The van der Waals surface area contributed by atoms with Crippen LogP contribution in [0.2, 0.25) is 0 Å². The summed E-state index contributed by atoms with van der Waals surface area (Å²) in [4.78, 5) is 10.6. The summed E-state index contributed by atoms with van der Waals surface area (Å²) in [6, 6.07) is 0. The molecule has 0 aromatic rings. The van der Waals surface area contributed by atoms with E-state index in [1.54, 1.807) is 0 Å². The fourth-order valence-electron chi connectivity index (χ4n) is 0.294. The van der Waals surface area contributed by atoms with E-state index < -0.39 is 15.9 Å². The van der Waals surface area contributed by atoms with E-state index in [9.17, 15) is 4.79 Å². The van der Waals surface area contributed by atoms with Crippen LogP contribution >= 0.6 is 46.4 Å². The molecule has 1 amide bonds. The maximum atomic E-state index is 10.6. The number of rotatable bonds is 2. The lowest BCUT2D eigenvalue weighted by Crippen LogP contribution is -2.50. The molecule has 11 heavy (non-hydrogen) atoms. The summed E-state index contributed by atoms with van der Waals surface area (Å²) >= 11 is 21.1. The molecule has 0 bridgehead atoms. The second-order valence-corrected chi connectivity index (χ2v) is 4.36. The van der Waals surface area contributed by atoms with E-state index in [0.717, 1.165) is 0 Å². The van der Waals surface area contributed by atoms with E-state index >= 15 is 0 Å². The maximum Gasteiger partial charge on any atom is 0.236 e. The molecule has 1 atom stereocenters. The molecule has 0 aromatic carbocycles. The first-order valence-corrected chi connectivity index (χ1v) is 4.22. The fourth-order valence-corrected chi connectivity index (χ4v) is 0.535. The number of halogens is 4. The Balaban J connectivity index is 3.87. The van der Waals surface area contributed by atoms with E-state index in [1.807, 2.05) is 0 Å². The van der Waals surface area contributed by atoms with Gasteiger partial charge in [-0.05, 0) is 0 Å². The monoisotopic (exact) mass is 238 g/mol. The SMILES string of the molecule is NC(NC(=O)CCl)C(Cl)(Cl)Cl. The number of alkyl halides is 4. The van der Waals surface area contributed by atoms with E-state index in [1.165, 1.54) is 0 Å². The molecular formula is C4H6Cl4N2O. The third-order valence-electron chi connectivity index (χ3n) is 0.791. The predicted octanol–water partition coefficient (Wildman–Crippen LogP) is 0.996. The highest BCUT2D eigenvalue weighted by molar-refractivity contribution is 6.68. The minimum absolute atomic E-state index is 0.214. The molecule has 0 aromatic heterocycles. The molecule has 0 saturated carbocycles. The zero-order chi connectivity index (χ0) is 9.07. The van der Waals surface area contributed by atoms with Gasteiger partial charge in [-0.25, -0.2) is 0 Å². The number of hydrogen-bond acceptors (Lipinski definition) is 2. The van der Waals surface area contributed by atoms with Crippen LogP contribution in [0.3, 0.4) is 0 Å². The second kappa shape index (κ2) is 4.58. The van der Waals surface area contributed by atoms with Crippen molar-refractivity contribution in [3.63, 3.8) is 0 Å². The van der Waals surface area contributed by atoms with Gasteiger partial charge in [0.25, 0.3) is 0 Å². The van der Waals surface area contributed by atoms with Gasteiger partial charge in [-0.3, -0.25) is 4.79 Å². The molecule has 0 radical (unpaired) electrons. The van der Waals surface area contributed by atoms with Crippen LogP contribution in [0.15, 0.2) is 0 Å². The third-order valence-corrected chi connectivity index (χ3v) is 1.74. The quantitative estimate of drug-likeness (QED) is 0.558. The molecular weight excluding hydrogens is 234 g/mol. The van der Waals surface area contributed by atoms with Crippen molar-refractivity contribution in [2.24, 2.45) is 5.73 Å². The number of nitrogens with one attached hydrogen (secondary N) is 1. The molecule has 0 aliphatic carbocycles. The second-order valence-electron chi connectivity index (χ2n) is 1.72. The number of amides is 1. The van der Waals surface area contributed by atoms with Gasteiger partial charge in [0.05, 0.1) is 0 Å². The number of carbonyl (C=O) groups is 1. The van der Waals surface area contributed by atoms with Gasteiger partial charge in [0.15, 0.2) is 0 Å². The zero-order valence-electron chi connectivity index (χ0n) is 5.28. The topological polar surface area (TPSA) is 55.1 Å². The van der Waals surface area contributed by atoms with Crippen LogP contribution in [0.25, 0.3) is 0 Å². The molecule has 0 heterocycles. The Morgan fingerprint density at radius 3 is 2.27 bits per heavy atom. The van der Waals surface area contributed by atoms with Gasteiger partial charge in [-0.2, -0.15) is 0 Å². The van der Waals surface area contributed by atoms with E-state index in [2.05, 4.69) is 5.32 Å². The lowest BCUT2D eigenvalue weighted by atomic mass is 10.5. The normalized spacial score (nSPS) is 14.3. The lowest BCUT2D eigenvalue weighted by molar-refractivity contribution is -0.119. The third kappa shape index (κ3) is 4.93. The first-order chi connectivity index (χ1) is 4.88. The van der Waals surface area contributed by atoms with E-state index in [-0.39, 0.29) is 5.88 Å². The van der Waals surface area contributed by atoms with Crippen LogP contribution in [-0.4, -0.2) is 21.7 Å². The first-order valence-electron chi connectivity index (χ1n) is 2.55. The van der Waals surface area contributed by atoms with Crippen molar-refractivity contribution in [2.45, 2.75) is 9.96 Å². The Morgan fingerprint density at radius 1 is 1.55 bits per heavy atom. The maximum absolute atomic E-state index is 10.6. The lowest BCUT2D eigenvalue weighted by Gasteiger charge is -2.20. The van der Waals surface area contributed by atoms with Crippen molar-refractivity contribution in [3.8, 4) is 0 Å². The molecule has 0 spiro atoms. The summed E-state index contributed by atoms with van der Waals surface area (Å²) in [6.07, 6.45) is -1.04.